The van der Waals surface area contributed by atoms with E-state index in [9.17, 15) is 18.8 Å². The summed E-state index contributed by atoms with van der Waals surface area (Å²) in [7, 11) is 1.60. The van der Waals surface area contributed by atoms with Crippen LogP contribution in [0.5, 0.6) is 5.75 Å². The van der Waals surface area contributed by atoms with Crippen LogP contribution in [0.3, 0.4) is 0 Å². The van der Waals surface area contributed by atoms with E-state index in [0.29, 0.717) is 43.2 Å². The molecule has 1 fully saturated rings. The fraction of sp³-hybridized carbons (Fsp3) is 0.300. The quantitative estimate of drug-likeness (QED) is 0.447. The van der Waals surface area contributed by atoms with Crippen molar-refractivity contribution in [1.29, 1.82) is 0 Å². The molecule has 0 radical (unpaired) electrons. The van der Waals surface area contributed by atoms with Gasteiger partial charge in [-0.2, -0.15) is 0 Å². The molecule has 0 aromatic heterocycles. The number of ether oxygens (including phenoxy) is 1. The monoisotopic (exact) mass is 532 g/mol. The Morgan fingerprint density at radius 2 is 1.54 bits per heavy atom. The minimum atomic E-state index is -0.350. The van der Waals surface area contributed by atoms with Gasteiger partial charge in [0.2, 0.25) is 11.8 Å². The van der Waals surface area contributed by atoms with Gasteiger partial charge in [0, 0.05) is 56.1 Å². The van der Waals surface area contributed by atoms with Gasteiger partial charge in [-0.15, -0.1) is 0 Å². The van der Waals surface area contributed by atoms with Crippen molar-refractivity contribution in [2.45, 2.75) is 19.9 Å². The predicted octanol–water partition coefficient (Wildman–Crippen LogP) is 4.17. The lowest BCUT2D eigenvalue weighted by Gasteiger charge is -2.36. The van der Waals surface area contributed by atoms with Crippen LogP contribution >= 0.6 is 0 Å². The zero-order valence-electron chi connectivity index (χ0n) is 22.2. The summed E-state index contributed by atoms with van der Waals surface area (Å²) in [5.74, 6) is -0.0952. The smallest absolute Gasteiger partial charge is 0.253 e. The third kappa shape index (κ3) is 7.34. The van der Waals surface area contributed by atoms with Crippen molar-refractivity contribution in [3.8, 4) is 5.75 Å². The van der Waals surface area contributed by atoms with Gasteiger partial charge in [-0.05, 0) is 66.2 Å². The number of hydrogen-bond donors (Lipinski definition) is 1. The van der Waals surface area contributed by atoms with Crippen LogP contribution in [-0.2, 0) is 16.1 Å². The Balaban J connectivity index is 1.29. The largest absolute Gasteiger partial charge is 0.497 e. The highest BCUT2D eigenvalue weighted by molar-refractivity contribution is 5.95. The Labute approximate surface area is 228 Å². The molecular weight excluding hydrogens is 499 g/mol. The van der Waals surface area contributed by atoms with Gasteiger partial charge in [0.1, 0.15) is 18.1 Å². The molecule has 8 nitrogen and oxygen atoms in total. The van der Waals surface area contributed by atoms with Crippen LogP contribution in [0.4, 0.5) is 15.8 Å². The Morgan fingerprint density at radius 3 is 2.13 bits per heavy atom. The van der Waals surface area contributed by atoms with Crippen LogP contribution in [0.1, 0.15) is 29.3 Å². The topological polar surface area (TPSA) is 82.2 Å². The number of halogens is 1. The molecule has 1 heterocycles. The van der Waals surface area contributed by atoms with Gasteiger partial charge in [0.25, 0.3) is 5.91 Å². The lowest BCUT2D eigenvalue weighted by Crippen LogP contribution is -2.48. The third-order valence-corrected chi connectivity index (χ3v) is 6.70. The molecule has 204 valence electrons. The second kappa shape index (κ2) is 12.9. The number of methoxy groups -OCH3 is 1. The van der Waals surface area contributed by atoms with E-state index in [1.807, 2.05) is 29.2 Å². The Hall–Kier alpha value is -4.40. The number of benzene rings is 3. The van der Waals surface area contributed by atoms with E-state index < -0.39 is 0 Å². The fourth-order valence-corrected chi connectivity index (χ4v) is 4.48. The van der Waals surface area contributed by atoms with E-state index >= 15 is 0 Å². The molecule has 1 N–H and O–H groups in total. The van der Waals surface area contributed by atoms with Crippen molar-refractivity contribution in [2.24, 2.45) is 0 Å². The molecule has 4 rings (SSSR count). The minimum Gasteiger partial charge on any atom is -0.497 e. The number of carbonyl (C=O) groups excluding carboxylic acids is 3. The Kier molecular flexibility index (Phi) is 9.14. The first-order valence-corrected chi connectivity index (χ1v) is 13.0. The van der Waals surface area contributed by atoms with Crippen molar-refractivity contribution in [3.63, 3.8) is 0 Å². The summed E-state index contributed by atoms with van der Waals surface area (Å²) in [5, 5.41) is 2.85. The van der Waals surface area contributed by atoms with E-state index in [0.717, 1.165) is 11.3 Å². The molecule has 3 aromatic carbocycles. The van der Waals surface area contributed by atoms with Gasteiger partial charge in [-0.25, -0.2) is 4.39 Å². The molecule has 39 heavy (non-hydrogen) atoms. The van der Waals surface area contributed by atoms with Gasteiger partial charge in [-0.1, -0.05) is 19.1 Å². The summed E-state index contributed by atoms with van der Waals surface area (Å²) in [6, 6.07) is 20.5. The number of rotatable bonds is 9. The van der Waals surface area contributed by atoms with E-state index in [-0.39, 0.29) is 43.0 Å². The molecule has 3 aromatic rings. The van der Waals surface area contributed by atoms with Crippen molar-refractivity contribution in [2.75, 3.05) is 50.1 Å². The highest BCUT2D eigenvalue weighted by Gasteiger charge is 2.22. The average Bonchev–Trinajstić information content (AvgIpc) is 2.97. The Morgan fingerprint density at radius 1 is 0.897 bits per heavy atom. The highest BCUT2D eigenvalue weighted by Crippen LogP contribution is 2.21. The number of piperazine rings is 1. The van der Waals surface area contributed by atoms with Crippen LogP contribution < -0.4 is 15.0 Å². The van der Waals surface area contributed by atoms with E-state index in [1.165, 1.54) is 17.0 Å². The third-order valence-electron chi connectivity index (χ3n) is 6.70. The molecule has 3 amide bonds. The number of hydrogen-bond acceptors (Lipinski definition) is 5. The van der Waals surface area contributed by atoms with Crippen molar-refractivity contribution in [1.82, 2.24) is 9.80 Å². The average molecular weight is 533 g/mol. The zero-order chi connectivity index (χ0) is 27.8. The number of carbonyl (C=O) groups is 3. The first kappa shape index (κ1) is 27.6. The minimum absolute atomic E-state index is 0.00499. The lowest BCUT2D eigenvalue weighted by atomic mass is 10.1. The van der Waals surface area contributed by atoms with Crippen LogP contribution in [-0.4, -0.2) is 67.4 Å². The normalized spacial score (nSPS) is 13.1. The number of nitrogens with zero attached hydrogens (tertiary/aromatic N) is 3. The molecule has 0 atom stereocenters. The lowest BCUT2D eigenvalue weighted by molar-refractivity contribution is -0.135. The van der Waals surface area contributed by atoms with Gasteiger partial charge < -0.3 is 24.8 Å². The van der Waals surface area contributed by atoms with Crippen molar-refractivity contribution in [3.05, 3.63) is 89.7 Å². The second-order valence-electron chi connectivity index (χ2n) is 9.33. The predicted molar refractivity (Wildman–Crippen MR) is 148 cm³/mol. The number of anilines is 2. The summed E-state index contributed by atoms with van der Waals surface area (Å²) < 4.78 is 18.4. The summed E-state index contributed by atoms with van der Waals surface area (Å²) in [6.07, 6.45) is 0.266. The maximum Gasteiger partial charge on any atom is 0.253 e. The van der Waals surface area contributed by atoms with Crippen LogP contribution in [0, 0.1) is 5.82 Å². The number of amides is 3. The van der Waals surface area contributed by atoms with Crippen molar-refractivity contribution < 1.29 is 23.5 Å². The standard InChI is InChI=1S/C30H33FN4O4/c1-3-29(37)35(20-22-4-8-24(31)9-5-22)21-28(36)32-25-10-12-26(13-11-25)33-16-18-34(19-17-33)30(38)23-6-14-27(39-2)15-7-23/h4-15H,3,16-21H2,1-2H3,(H,32,36). The molecule has 1 aliphatic heterocycles. The van der Waals surface area contributed by atoms with E-state index in [4.69, 9.17) is 4.74 Å². The molecule has 0 aliphatic carbocycles. The first-order chi connectivity index (χ1) is 18.9. The summed E-state index contributed by atoms with van der Waals surface area (Å²) in [5.41, 5.74) is 3.02. The fourth-order valence-electron chi connectivity index (χ4n) is 4.48. The summed E-state index contributed by atoms with van der Waals surface area (Å²) in [4.78, 5) is 43.5. The molecule has 0 spiro atoms. The number of nitrogens with one attached hydrogen (secondary N) is 1. The van der Waals surface area contributed by atoms with Gasteiger partial charge >= 0.3 is 0 Å². The van der Waals surface area contributed by atoms with Gasteiger partial charge in [-0.3, -0.25) is 14.4 Å². The molecule has 0 saturated carbocycles. The zero-order valence-corrected chi connectivity index (χ0v) is 22.2. The van der Waals surface area contributed by atoms with Crippen molar-refractivity contribution >= 4 is 29.1 Å². The molecule has 1 saturated heterocycles. The molecule has 0 bridgehead atoms. The van der Waals surface area contributed by atoms with Crippen LogP contribution in [0.15, 0.2) is 72.8 Å². The first-order valence-electron chi connectivity index (χ1n) is 13.0. The SMILES string of the molecule is CCC(=O)N(CC(=O)Nc1ccc(N2CCN(C(=O)c3ccc(OC)cc3)CC2)cc1)Cc1ccc(F)cc1. The van der Waals surface area contributed by atoms with Gasteiger partial charge in [0.05, 0.1) is 7.11 Å². The van der Waals surface area contributed by atoms with Crippen LogP contribution in [0.25, 0.3) is 0 Å². The summed E-state index contributed by atoms with van der Waals surface area (Å²) >= 11 is 0. The van der Waals surface area contributed by atoms with Gasteiger partial charge in [0.15, 0.2) is 0 Å². The van der Waals surface area contributed by atoms with Crippen LogP contribution in [0.2, 0.25) is 0 Å². The van der Waals surface area contributed by atoms with E-state index in [2.05, 4.69) is 10.2 Å². The summed E-state index contributed by atoms with van der Waals surface area (Å²) in [6.45, 7) is 4.49. The molecule has 1 aliphatic rings. The van der Waals surface area contributed by atoms with E-state index in [1.54, 1.807) is 50.4 Å². The maximum atomic E-state index is 13.2. The second-order valence-corrected chi connectivity index (χ2v) is 9.33. The highest BCUT2D eigenvalue weighted by atomic mass is 19.1. The maximum absolute atomic E-state index is 13.2. The Bertz CT molecular complexity index is 1270. The molecular formula is C30H33FN4O4. The molecule has 9 heteroatoms. The molecule has 0 unspecified atom stereocenters.